The third kappa shape index (κ3) is 2.74. The summed E-state index contributed by atoms with van der Waals surface area (Å²) in [6.45, 7) is 3.89. The normalized spacial score (nSPS) is 10.6. The molecule has 0 spiro atoms. The molecule has 0 saturated heterocycles. The minimum absolute atomic E-state index is 0.461. The number of aromatic nitrogens is 1. The molecule has 1 nitrogen and oxygen atoms in total. The number of halogens is 3. The molecular weight excluding hydrogens is 277 g/mol. The fourth-order valence-electron chi connectivity index (χ4n) is 1.73. The van der Waals surface area contributed by atoms with Gasteiger partial charge in [0.25, 0.3) is 0 Å². The molecule has 0 aliphatic rings. The van der Waals surface area contributed by atoms with Crippen molar-refractivity contribution in [2.45, 2.75) is 13.8 Å². The Balaban J connectivity index is 2.64. The van der Waals surface area contributed by atoms with E-state index in [9.17, 15) is 0 Å². The topological polar surface area (TPSA) is 12.9 Å². The lowest BCUT2D eigenvalue weighted by Gasteiger charge is -2.08. The van der Waals surface area contributed by atoms with Crippen molar-refractivity contribution in [1.82, 2.24) is 4.98 Å². The van der Waals surface area contributed by atoms with E-state index in [0.29, 0.717) is 15.1 Å². The number of hydrogen-bond acceptors (Lipinski definition) is 1. The van der Waals surface area contributed by atoms with Crippen LogP contribution >= 0.6 is 34.8 Å². The zero-order valence-corrected chi connectivity index (χ0v) is 11.7. The Morgan fingerprint density at radius 1 is 0.765 bits per heavy atom. The predicted molar refractivity (Wildman–Crippen MR) is 74.2 cm³/mol. The number of hydrogen-bond donors (Lipinski definition) is 0. The summed E-state index contributed by atoms with van der Waals surface area (Å²) in [6, 6.07) is 7.38. The van der Waals surface area contributed by atoms with Crippen LogP contribution in [0.1, 0.15) is 11.4 Å². The predicted octanol–water partition coefficient (Wildman–Crippen LogP) is 5.33. The Morgan fingerprint density at radius 2 is 1.29 bits per heavy atom. The van der Waals surface area contributed by atoms with Gasteiger partial charge in [0.2, 0.25) is 0 Å². The Labute approximate surface area is 115 Å². The van der Waals surface area contributed by atoms with Gasteiger partial charge in [0.05, 0.1) is 10.0 Å². The quantitative estimate of drug-likeness (QED) is 0.646. The second kappa shape index (κ2) is 4.85. The maximum Gasteiger partial charge on any atom is 0.0607 e. The van der Waals surface area contributed by atoms with Crippen LogP contribution in [0.4, 0.5) is 0 Å². The van der Waals surface area contributed by atoms with Crippen molar-refractivity contribution in [3.05, 3.63) is 50.7 Å². The number of pyridine rings is 1. The van der Waals surface area contributed by atoms with Crippen molar-refractivity contribution in [2.75, 3.05) is 0 Å². The average Bonchev–Trinajstić information content (AvgIpc) is 2.22. The molecular formula is C13H10Cl3N. The Kier molecular flexibility index (Phi) is 3.62. The van der Waals surface area contributed by atoms with Crippen molar-refractivity contribution < 1.29 is 0 Å². The molecule has 1 aromatic carbocycles. The fourth-order valence-corrected chi connectivity index (χ4v) is 2.39. The van der Waals surface area contributed by atoms with Gasteiger partial charge in [-0.05, 0) is 43.7 Å². The van der Waals surface area contributed by atoms with E-state index in [4.69, 9.17) is 34.8 Å². The van der Waals surface area contributed by atoms with Crippen LogP contribution in [0.5, 0.6) is 0 Å². The summed E-state index contributed by atoms with van der Waals surface area (Å²) in [5, 5.41) is 1.55. The Bertz CT molecular complexity index is 559. The Hall–Kier alpha value is -0.760. The maximum atomic E-state index is 6.18. The number of aryl methyl sites for hydroxylation is 2. The molecule has 1 aromatic heterocycles. The summed E-state index contributed by atoms with van der Waals surface area (Å²) in [6.07, 6.45) is 0. The molecule has 4 heteroatoms. The lowest BCUT2D eigenvalue weighted by atomic mass is 10.1. The first-order valence-electron chi connectivity index (χ1n) is 5.07. The van der Waals surface area contributed by atoms with Crippen LogP contribution in [-0.4, -0.2) is 4.98 Å². The first-order valence-corrected chi connectivity index (χ1v) is 6.21. The highest BCUT2D eigenvalue weighted by Crippen LogP contribution is 2.35. The zero-order chi connectivity index (χ0) is 12.6. The van der Waals surface area contributed by atoms with E-state index < -0.39 is 0 Å². The van der Waals surface area contributed by atoms with Crippen LogP contribution in [0.3, 0.4) is 0 Å². The molecule has 0 saturated carbocycles. The molecule has 1 heterocycles. The van der Waals surface area contributed by atoms with E-state index in [0.717, 1.165) is 22.5 Å². The summed E-state index contributed by atoms with van der Waals surface area (Å²) < 4.78 is 0. The van der Waals surface area contributed by atoms with E-state index in [1.54, 1.807) is 12.1 Å². The van der Waals surface area contributed by atoms with Crippen LogP contribution in [0.2, 0.25) is 15.1 Å². The molecule has 2 rings (SSSR count). The second-order valence-electron chi connectivity index (χ2n) is 3.88. The van der Waals surface area contributed by atoms with E-state index in [1.165, 1.54) is 0 Å². The highest BCUT2D eigenvalue weighted by Gasteiger charge is 2.09. The van der Waals surface area contributed by atoms with Crippen LogP contribution in [0, 0.1) is 13.8 Å². The molecule has 0 atom stereocenters. The monoisotopic (exact) mass is 285 g/mol. The van der Waals surface area contributed by atoms with E-state index in [-0.39, 0.29) is 0 Å². The summed E-state index contributed by atoms with van der Waals surface area (Å²) in [5.74, 6) is 0. The van der Waals surface area contributed by atoms with Gasteiger partial charge in [0.1, 0.15) is 0 Å². The molecule has 0 N–H and O–H groups in total. The van der Waals surface area contributed by atoms with Gasteiger partial charge in [0, 0.05) is 22.0 Å². The van der Waals surface area contributed by atoms with Crippen molar-refractivity contribution in [2.24, 2.45) is 0 Å². The molecule has 0 aliphatic carbocycles. The average molecular weight is 287 g/mol. The van der Waals surface area contributed by atoms with Gasteiger partial charge in [0.15, 0.2) is 0 Å². The fraction of sp³-hybridized carbons (Fsp3) is 0.154. The van der Waals surface area contributed by atoms with Crippen LogP contribution in [-0.2, 0) is 0 Å². The molecule has 0 bridgehead atoms. The smallest absolute Gasteiger partial charge is 0.0607 e. The van der Waals surface area contributed by atoms with Gasteiger partial charge in [-0.15, -0.1) is 0 Å². The highest BCUT2D eigenvalue weighted by atomic mass is 35.5. The van der Waals surface area contributed by atoms with Gasteiger partial charge >= 0.3 is 0 Å². The van der Waals surface area contributed by atoms with Crippen molar-refractivity contribution >= 4 is 34.8 Å². The van der Waals surface area contributed by atoms with Gasteiger partial charge in [-0.1, -0.05) is 34.8 Å². The second-order valence-corrected chi connectivity index (χ2v) is 5.11. The third-order valence-corrected chi connectivity index (χ3v) is 3.44. The molecule has 0 aliphatic heterocycles. The lowest BCUT2D eigenvalue weighted by molar-refractivity contribution is 1.12. The molecule has 0 amide bonds. The Morgan fingerprint density at radius 3 is 1.88 bits per heavy atom. The summed E-state index contributed by atoms with van der Waals surface area (Å²) in [5.41, 5.74) is 3.76. The number of nitrogens with zero attached hydrogens (tertiary/aromatic N) is 1. The summed E-state index contributed by atoms with van der Waals surface area (Å²) >= 11 is 18.1. The maximum absolute atomic E-state index is 6.18. The highest BCUT2D eigenvalue weighted by molar-refractivity contribution is 6.44. The zero-order valence-electron chi connectivity index (χ0n) is 9.39. The largest absolute Gasteiger partial charge is 0.258 e. The SMILES string of the molecule is Cc1cc(-c2cc(Cl)c(Cl)cc2Cl)cc(C)n1. The first kappa shape index (κ1) is 12.7. The van der Waals surface area contributed by atoms with Crippen molar-refractivity contribution in [3.8, 4) is 11.1 Å². The summed E-state index contributed by atoms with van der Waals surface area (Å²) in [7, 11) is 0. The van der Waals surface area contributed by atoms with Crippen molar-refractivity contribution in [3.63, 3.8) is 0 Å². The van der Waals surface area contributed by atoms with Gasteiger partial charge in [-0.25, -0.2) is 0 Å². The molecule has 0 radical (unpaired) electrons. The van der Waals surface area contributed by atoms with Crippen LogP contribution < -0.4 is 0 Å². The van der Waals surface area contributed by atoms with Gasteiger partial charge in [-0.3, -0.25) is 4.98 Å². The molecule has 2 aromatic rings. The number of rotatable bonds is 1. The van der Waals surface area contributed by atoms with E-state index in [1.807, 2.05) is 26.0 Å². The number of benzene rings is 1. The van der Waals surface area contributed by atoms with Crippen LogP contribution in [0.25, 0.3) is 11.1 Å². The molecule has 0 unspecified atom stereocenters. The molecule has 17 heavy (non-hydrogen) atoms. The standard InChI is InChI=1S/C13H10Cl3N/c1-7-3-9(4-8(2)17-7)10-5-12(15)13(16)6-11(10)14/h3-6H,1-2H3. The third-order valence-electron chi connectivity index (χ3n) is 2.40. The minimum atomic E-state index is 0.461. The molecule has 0 fully saturated rings. The summed E-state index contributed by atoms with van der Waals surface area (Å²) in [4.78, 5) is 4.33. The molecule has 88 valence electrons. The lowest BCUT2D eigenvalue weighted by Crippen LogP contribution is -1.89. The van der Waals surface area contributed by atoms with Gasteiger partial charge < -0.3 is 0 Å². The first-order chi connectivity index (χ1) is 7.97. The van der Waals surface area contributed by atoms with E-state index in [2.05, 4.69) is 4.98 Å². The van der Waals surface area contributed by atoms with Crippen molar-refractivity contribution in [1.29, 1.82) is 0 Å². The minimum Gasteiger partial charge on any atom is -0.258 e. The van der Waals surface area contributed by atoms with E-state index >= 15 is 0 Å². The van der Waals surface area contributed by atoms with Crippen LogP contribution in [0.15, 0.2) is 24.3 Å². The van der Waals surface area contributed by atoms with Gasteiger partial charge in [-0.2, -0.15) is 0 Å².